The van der Waals surface area contributed by atoms with Gasteiger partial charge in [0.05, 0.1) is 5.75 Å². The molecule has 0 heterocycles. The number of rotatable bonds is 10. The van der Waals surface area contributed by atoms with Gasteiger partial charge in [-0.05, 0) is 44.4 Å². The van der Waals surface area contributed by atoms with Crippen LogP contribution >= 0.6 is 11.8 Å². The first-order chi connectivity index (χ1) is 8.26. The van der Waals surface area contributed by atoms with Gasteiger partial charge in [0, 0.05) is 12.1 Å². The first-order valence-corrected chi connectivity index (χ1v) is 8.02. The Morgan fingerprint density at radius 3 is 2.76 bits per heavy atom. The standard InChI is InChI=1S/C13H26N2OS/c1-3-11(14-4-2)6-5-9-17-10-13(16)15-12-7-8-12/h11-12,14H,3-10H2,1-2H3,(H,15,16). The van der Waals surface area contributed by atoms with Crippen LogP contribution in [0.2, 0.25) is 0 Å². The van der Waals surface area contributed by atoms with Crippen LogP contribution in [0.1, 0.15) is 46.0 Å². The van der Waals surface area contributed by atoms with Crippen LogP contribution in [0.3, 0.4) is 0 Å². The highest BCUT2D eigenvalue weighted by Gasteiger charge is 2.22. The van der Waals surface area contributed by atoms with E-state index in [-0.39, 0.29) is 5.91 Å². The molecular formula is C13H26N2OS. The van der Waals surface area contributed by atoms with Crippen LogP contribution < -0.4 is 10.6 Å². The lowest BCUT2D eigenvalue weighted by Gasteiger charge is -2.15. The van der Waals surface area contributed by atoms with E-state index in [2.05, 4.69) is 24.5 Å². The van der Waals surface area contributed by atoms with Crippen molar-refractivity contribution in [2.24, 2.45) is 0 Å². The van der Waals surface area contributed by atoms with Gasteiger partial charge >= 0.3 is 0 Å². The highest BCUT2D eigenvalue weighted by atomic mass is 32.2. The van der Waals surface area contributed by atoms with Crippen molar-refractivity contribution in [3.05, 3.63) is 0 Å². The normalized spacial score (nSPS) is 16.8. The van der Waals surface area contributed by atoms with Gasteiger partial charge in [0.25, 0.3) is 0 Å². The molecule has 1 unspecified atom stereocenters. The van der Waals surface area contributed by atoms with Crippen molar-refractivity contribution in [2.75, 3.05) is 18.1 Å². The van der Waals surface area contributed by atoms with Gasteiger partial charge in [-0.1, -0.05) is 13.8 Å². The summed E-state index contributed by atoms with van der Waals surface area (Å²) in [5, 5.41) is 6.49. The zero-order chi connectivity index (χ0) is 12.5. The molecule has 0 aromatic carbocycles. The molecule has 1 aliphatic rings. The Labute approximate surface area is 109 Å². The van der Waals surface area contributed by atoms with Gasteiger partial charge in [-0.15, -0.1) is 0 Å². The van der Waals surface area contributed by atoms with Crippen molar-refractivity contribution in [3.8, 4) is 0 Å². The molecule has 0 aliphatic heterocycles. The molecule has 1 atom stereocenters. The van der Waals surface area contributed by atoms with Crippen molar-refractivity contribution in [3.63, 3.8) is 0 Å². The number of amides is 1. The maximum absolute atomic E-state index is 11.4. The molecule has 100 valence electrons. The van der Waals surface area contributed by atoms with Crippen LogP contribution in [0.5, 0.6) is 0 Å². The van der Waals surface area contributed by atoms with E-state index in [4.69, 9.17) is 0 Å². The minimum Gasteiger partial charge on any atom is -0.353 e. The topological polar surface area (TPSA) is 41.1 Å². The lowest BCUT2D eigenvalue weighted by Crippen LogP contribution is -2.28. The number of hydrogen-bond acceptors (Lipinski definition) is 3. The van der Waals surface area contributed by atoms with E-state index in [0.29, 0.717) is 17.8 Å². The van der Waals surface area contributed by atoms with Crippen molar-refractivity contribution in [1.29, 1.82) is 0 Å². The quantitative estimate of drug-likeness (QED) is 0.590. The third-order valence-electron chi connectivity index (χ3n) is 3.00. The fraction of sp³-hybridized carbons (Fsp3) is 0.923. The van der Waals surface area contributed by atoms with Gasteiger partial charge in [0.15, 0.2) is 0 Å². The second kappa shape index (κ2) is 8.81. The average molecular weight is 258 g/mol. The lowest BCUT2D eigenvalue weighted by molar-refractivity contribution is -0.118. The second-order valence-corrected chi connectivity index (χ2v) is 5.80. The van der Waals surface area contributed by atoms with E-state index in [1.807, 2.05) is 0 Å². The smallest absolute Gasteiger partial charge is 0.230 e. The second-order valence-electron chi connectivity index (χ2n) is 4.70. The zero-order valence-corrected chi connectivity index (χ0v) is 11.9. The first kappa shape index (κ1) is 14.8. The van der Waals surface area contributed by atoms with Crippen LogP contribution in [-0.2, 0) is 4.79 Å². The van der Waals surface area contributed by atoms with Crippen molar-refractivity contribution < 1.29 is 4.79 Å². The predicted molar refractivity (Wildman–Crippen MR) is 75.5 cm³/mol. The summed E-state index contributed by atoms with van der Waals surface area (Å²) in [6.07, 6.45) is 5.98. The molecule has 1 saturated carbocycles. The van der Waals surface area contributed by atoms with Crippen LogP contribution in [0.4, 0.5) is 0 Å². The number of carbonyl (C=O) groups excluding carboxylic acids is 1. The molecule has 2 N–H and O–H groups in total. The van der Waals surface area contributed by atoms with Crippen LogP contribution in [-0.4, -0.2) is 36.0 Å². The molecule has 3 nitrogen and oxygen atoms in total. The molecule has 4 heteroatoms. The van der Waals surface area contributed by atoms with Gasteiger partial charge in [-0.3, -0.25) is 4.79 Å². The first-order valence-electron chi connectivity index (χ1n) is 6.86. The number of hydrogen-bond donors (Lipinski definition) is 2. The summed E-state index contributed by atoms with van der Waals surface area (Å²) in [4.78, 5) is 11.4. The largest absolute Gasteiger partial charge is 0.353 e. The minimum absolute atomic E-state index is 0.219. The summed E-state index contributed by atoms with van der Waals surface area (Å²) in [6, 6.07) is 1.15. The maximum atomic E-state index is 11.4. The van der Waals surface area contributed by atoms with E-state index in [9.17, 15) is 4.79 Å². The van der Waals surface area contributed by atoms with E-state index >= 15 is 0 Å². The Morgan fingerprint density at radius 1 is 1.41 bits per heavy atom. The Morgan fingerprint density at radius 2 is 2.18 bits per heavy atom. The highest BCUT2D eigenvalue weighted by molar-refractivity contribution is 7.99. The third-order valence-corrected chi connectivity index (χ3v) is 4.05. The van der Waals surface area contributed by atoms with Crippen molar-refractivity contribution >= 4 is 17.7 Å². The molecule has 0 bridgehead atoms. The summed E-state index contributed by atoms with van der Waals surface area (Å²) in [5.74, 6) is 1.95. The molecule has 1 aliphatic carbocycles. The molecule has 1 fully saturated rings. The minimum atomic E-state index is 0.219. The molecule has 17 heavy (non-hydrogen) atoms. The monoisotopic (exact) mass is 258 g/mol. The zero-order valence-electron chi connectivity index (χ0n) is 11.1. The Hall–Kier alpha value is -0.220. The van der Waals surface area contributed by atoms with Gasteiger partial charge in [-0.2, -0.15) is 11.8 Å². The molecule has 0 radical (unpaired) electrons. The molecule has 0 spiro atoms. The maximum Gasteiger partial charge on any atom is 0.230 e. The average Bonchev–Trinajstić information content (AvgIpc) is 3.11. The van der Waals surface area contributed by atoms with E-state index in [0.717, 1.165) is 12.3 Å². The summed E-state index contributed by atoms with van der Waals surface area (Å²) >= 11 is 1.76. The summed E-state index contributed by atoms with van der Waals surface area (Å²) in [6.45, 7) is 5.43. The molecule has 1 amide bonds. The van der Waals surface area contributed by atoms with Crippen LogP contribution in [0.25, 0.3) is 0 Å². The predicted octanol–water partition coefficient (Wildman–Crippen LogP) is 2.17. The molecule has 0 aromatic rings. The van der Waals surface area contributed by atoms with Gasteiger partial charge in [0.2, 0.25) is 5.91 Å². The van der Waals surface area contributed by atoms with E-state index in [1.54, 1.807) is 11.8 Å². The van der Waals surface area contributed by atoms with Crippen LogP contribution in [0, 0.1) is 0 Å². The number of carbonyl (C=O) groups is 1. The van der Waals surface area contributed by atoms with Crippen molar-refractivity contribution in [2.45, 2.75) is 58.0 Å². The van der Waals surface area contributed by atoms with Gasteiger partial charge in [-0.25, -0.2) is 0 Å². The lowest BCUT2D eigenvalue weighted by atomic mass is 10.1. The number of nitrogens with one attached hydrogen (secondary N) is 2. The Bertz CT molecular complexity index is 219. The van der Waals surface area contributed by atoms with E-state index in [1.165, 1.54) is 32.1 Å². The fourth-order valence-corrected chi connectivity index (χ4v) is 2.62. The molecule has 0 aromatic heterocycles. The molecular weight excluding hydrogens is 232 g/mol. The number of thioether (sulfide) groups is 1. The SMILES string of the molecule is CCNC(CC)CCCSCC(=O)NC1CC1. The highest BCUT2D eigenvalue weighted by Crippen LogP contribution is 2.18. The summed E-state index contributed by atoms with van der Waals surface area (Å²) in [5.41, 5.74) is 0. The Kier molecular flexibility index (Phi) is 7.69. The summed E-state index contributed by atoms with van der Waals surface area (Å²) in [7, 11) is 0. The fourth-order valence-electron chi connectivity index (χ4n) is 1.83. The molecule has 1 rings (SSSR count). The Balaban J connectivity index is 1.90. The van der Waals surface area contributed by atoms with Gasteiger partial charge in [0.1, 0.15) is 0 Å². The summed E-state index contributed by atoms with van der Waals surface area (Å²) < 4.78 is 0. The van der Waals surface area contributed by atoms with Crippen LogP contribution in [0.15, 0.2) is 0 Å². The van der Waals surface area contributed by atoms with Crippen molar-refractivity contribution in [1.82, 2.24) is 10.6 Å². The van der Waals surface area contributed by atoms with Gasteiger partial charge < -0.3 is 10.6 Å². The molecule has 0 saturated heterocycles. The van der Waals surface area contributed by atoms with E-state index < -0.39 is 0 Å². The third kappa shape index (κ3) is 7.66.